The minimum atomic E-state index is -1.10. The van der Waals surface area contributed by atoms with Crippen LogP contribution in [0.3, 0.4) is 0 Å². The fraction of sp³-hybridized carbons (Fsp3) is 0.556. The predicted octanol–water partition coefficient (Wildman–Crippen LogP) is 4.56. The molecule has 3 nitrogen and oxygen atoms in total. The van der Waals surface area contributed by atoms with Crippen LogP contribution >= 0.6 is 0 Å². The Balaban J connectivity index is 2.36. The van der Waals surface area contributed by atoms with Crippen LogP contribution in [0.5, 0.6) is 0 Å². The lowest BCUT2D eigenvalue weighted by atomic mass is 9.82. The highest BCUT2D eigenvalue weighted by molar-refractivity contribution is 6.55. The molecule has 1 aromatic rings. The summed E-state index contributed by atoms with van der Waals surface area (Å²) in [5, 5.41) is 0. The lowest BCUT2D eigenvalue weighted by Crippen LogP contribution is -2.41. The largest absolute Gasteiger partial charge is 0.525 e. The van der Waals surface area contributed by atoms with Crippen molar-refractivity contribution >= 4 is 12.7 Å². The van der Waals surface area contributed by atoms with Gasteiger partial charge in [0, 0.05) is 6.61 Å². The molecule has 1 aliphatic rings. The van der Waals surface area contributed by atoms with Gasteiger partial charge >= 0.3 is 7.12 Å². The minimum absolute atomic E-state index is 0.313. The van der Waals surface area contributed by atoms with Gasteiger partial charge in [-0.05, 0) is 64.3 Å². The zero-order chi connectivity index (χ0) is 18.0. The summed E-state index contributed by atoms with van der Waals surface area (Å²) in [7, 11) is -1.10. The van der Waals surface area contributed by atoms with Crippen molar-refractivity contribution in [3.63, 3.8) is 0 Å². The van der Waals surface area contributed by atoms with E-state index in [9.17, 15) is 4.39 Å². The third-order valence-electron chi connectivity index (χ3n) is 4.62. The molecule has 0 atom stereocenters. The van der Waals surface area contributed by atoms with Gasteiger partial charge in [0.05, 0.1) is 17.8 Å². The Labute approximate surface area is 143 Å². The van der Waals surface area contributed by atoms with Gasteiger partial charge in [-0.15, -0.1) is 0 Å². The van der Waals surface area contributed by atoms with Gasteiger partial charge in [0.25, 0.3) is 0 Å². The summed E-state index contributed by atoms with van der Waals surface area (Å²) in [5.74, 6) is -0.414. The summed E-state index contributed by atoms with van der Waals surface area (Å²) >= 11 is 0. The highest BCUT2D eigenvalue weighted by Crippen LogP contribution is 2.40. The average molecular weight is 338 g/mol. The maximum absolute atomic E-state index is 15.2. The van der Waals surface area contributed by atoms with Crippen LogP contribution in [0.15, 0.2) is 30.0 Å². The fourth-order valence-electron chi connectivity index (χ4n) is 2.49. The molecule has 0 radical (unpaired) electrons. The van der Waals surface area contributed by atoms with E-state index in [1.165, 1.54) is 12.1 Å². The first-order valence-corrected chi connectivity index (χ1v) is 8.26. The summed E-state index contributed by atoms with van der Waals surface area (Å²) in [5.41, 5.74) is -0.980. The molecule has 0 bridgehead atoms. The first kappa shape index (κ1) is 19.1. The smallest absolute Gasteiger partial charge is 0.398 e. The van der Waals surface area contributed by atoms with Crippen LogP contribution in [0.4, 0.5) is 8.78 Å². The summed E-state index contributed by atoms with van der Waals surface area (Å²) in [6.45, 7) is 10.2. The van der Waals surface area contributed by atoms with Crippen LogP contribution in [-0.2, 0) is 14.0 Å². The highest BCUT2D eigenvalue weighted by atomic mass is 19.1. The molecule has 1 aliphatic heterocycles. The van der Waals surface area contributed by atoms with Crippen molar-refractivity contribution in [3.05, 3.63) is 41.4 Å². The van der Waals surface area contributed by atoms with E-state index < -0.39 is 29.9 Å². The Bertz CT molecular complexity index is 598. The van der Waals surface area contributed by atoms with Gasteiger partial charge in [0.2, 0.25) is 0 Å². The Kier molecular flexibility index (Phi) is 5.84. The maximum atomic E-state index is 15.2. The molecule has 0 N–H and O–H groups in total. The Morgan fingerprint density at radius 3 is 2.33 bits per heavy atom. The molecule has 0 amide bonds. The van der Waals surface area contributed by atoms with E-state index in [0.29, 0.717) is 30.8 Å². The van der Waals surface area contributed by atoms with Crippen molar-refractivity contribution in [2.75, 3.05) is 13.2 Å². The number of hydrogen-bond acceptors (Lipinski definition) is 3. The van der Waals surface area contributed by atoms with Gasteiger partial charge < -0.3 is 14.0 Å². The first-order valence-electron chi connectivity index (χ1n) is 8.26. The van der Waals surface area contributed by atoms with Gasteiger partial charge in [0.15, 0.2) is 0 Å². The first-order chi connectivity index (χ1) is 11.2. The lowest BCUT2D eigenvalue weighted by Gasteiger charge is -2.32. The van der Waals surface area contributed by atoms with E-state index in [1.54, 1.807) is 12.1 Å². The average Bonchev–Trinajstić information content (AvgIpc) is 2.71. The van der Waals surface area contributed by atoms with Crippen LogP contribution in [-0.4, -0.2) is 31.5 Å². The van der Waals surface area contributed by atoms with E-state index in [-0.39, 0.29) is 0 Å². The molecule has 132 valence electrons. The van der Waals surface area contributed by atoms with Gasteiger partial charge in [0.1, 0.15) is 11.5 Å². The molecule has 0 spiro atoms. The van der Waals surface area contributed by atoms with E-state index in [2.05, 4.69) is 0 Å². The normalized spacial score (nSPS) is 20.2. The second-order valence-corrected chi connectivity index (χ2v) is 6.87. The lowest BCUT2D eigenvalue weighted by molar-refractivity contribution is 0.00578. The quantitative estimate of drug-likeness (QED) is 0.562. The van der Waals surface area contributed by atoms with Crippen LogP contribution in [0.25, 0.3) is 5.57 Å². The molecule has 6 heteroatoms. The van der Waals surface area contributed by atoms with Crippen LogP contribution in [0.2, 0.25) is 0 Å². The third kappa shape index (κ3) is 4.05. The molecule has 0 saturated carbocycles. The van der Waals surface area contributed by atoms with E-state index >= 15 is 4.39 Å². The molecule has 1 aromatic carbocycles. The van der Waals surface area contributed by atoms with Crippen LogP contribution in [0.1, 0.15) is 46.6 Å². The zero-order valence-electron chi connectivity index (χ0n) is 15.0. The third-order valence-corrected chi connectivity index (χ3v) is 4.62. The Morgan fingerprint density at radius 1 is 1.17 bits per heavy atom. The van der Waals surface area contributed by atoms with E-state index in [0.717, 1.165) is 0 Å². The molecule has 24 heavy (non-hydrogen) atoms. The van der Waals surface area contributed by atoms with Crippen molar-refractivity contribution in [1.82, 2.24) is 0 Å². The van der Waals surface area contributed by atoms with Gasteiger partial charge in [-0.3, -0.25) is 0 Å². The molecule has 1 heterocycles. The highest BCUT2D eigenvalue weighted by Gasteiger charge is 2.53. The Hall–Kier alpha value is -1.24. The molecular weight excluding hydrogens is 313 g/mol. The standard InChI is InChI=1S/C18H25BF2O3/c1-6-22-11-10-15(13-8-7-9-14(20)12-13)16(21)19-23-17(2,3)18(4,5)24-19/h7-9,12H,6,10-11H2,1-5H3. The molecule has 0 unspecified atom stereocenters. The molecule has 1 fully saturated rings. The molecular formula is C18H25BF2O3. The van der Waals surface area contributed by atoms with Crippen molar-refractivity contribution < 1.29 is 22.8 Å². The SMILES string of the molecule is CCOCCC(=C(F)B1OC(C)(C)C(C)(C)O1)c1cccc(F)c1. The van der Waals surface area contributed by atoms with Gasteiger partial charge in [-0.2, -0.15) is 0 Å². The maximum Gasteiger partial charge on any atom is 0.525 e. The monoisotopic (exact) mass is 338 g/mol. The molecule has 1 saturated heterocycles. The van der Waals surface area contributed by atoms with Crippen molar-refractivity contribution in [1.29, 1.82) is 0 Å². The molecule has 0 aliphatic carbocycles. The summed E-state index contributed by atoms with van der Waals surface area (Å²) in [6, 6.07) is 5.88. The summed E-state index contributed by atoms with van der Waals surface area (Å²) < 4.78 is 45.6. The van der Waals surface area contributed by atoms with E-state index in [4.69, 9.17) is 14.0 Å². The number of rotatable bonds is 6. The summed E-state index contributed by atoms with van der Waals surface area (Å²) in [6.07, 6.45) is 0.313. The molecule has 0 aromatic heterocycles. The number of ether oxygens (including phenoxy) is 1. The van der Waals surface area contributed by atoms with Crippen molar-refractivity contribution in [2.45, 2.75) is 52.2 Å². The second-order valence-electron chi connectivity index (χ2n) is 6.87. The van der Waals surface area contributed by atoms with Crippen molar-refractivity contribution in [3.8, 4) is 0 Å². The zero-order valence-corrected chi connectivity index (χ0v) is 15.0. The molecule has 2 rings (SSSR count). The van der Waals surface area contributed by atoms with Gasteiger partial charge in [-0.1, -0.05) is 12.1 Å². The van der Waals surface area contributed by atoms with Crippen LogP contribution < -0.4 is 0 Å². The second kappa shape index (κ2) is 7.34. The summed E-state index contributed by atoms with van der Waals surface area (Å²) in [4.78, 5) is 0. The number of hydrogen-bond donors (Lipinski definition) is 0. The fourth-order valence-corrected chi connectivity index (χ4v) is 2.49. The van der Waals surface area contributed by atoms with Crippen molar-refractivity contribution in [2.24, 2.45) is 0 Å². The topological polar surface area (TPSA) is 27.7 Å². The predicted molar refractivity (Wildman–Crippen MR) is 91.6 cm³/mol. The van der Waals surface area contributed by atoms with E-state index in [1.807, 2.05) is 34.6 Å². The number of halogens is 2. The number of benzene rings is 1. The Morgan fingerprint density at radius 2 is 1.79 bits per heavy atom. The van der Waals surface area contributed by atoms with Crippen LogP contribution in [0, 0.1) is 5.82 Å². The van der Waals surface area contributed by atoms with Gasteiger partial charge in [-0.25, -0.2) is 8.78 Å². The minimum Gasteiger partial charge on any atom is -0.398 e.